The number of hydrogen-bond acceptors (Lipinski definition) is 3. The number of anilines is 1. The Morgan fingerprint density at radius 3 is 2.36 bits per heavy atom. The molecule has 3 nitrogen and oxygen atoms in total. The Bertz CT molecular complexity index is 612. The standard InChI is InChI=1S/C22H31NO2/c1-3-5-6-7-8-15-25-22-14-10-12-20(17-22)23-18-19-11-9-13-21(16-19)24-4-2/h9-14,16-17,23H,3-8,15,18H2,1-2H3. The summed E-state index contributed by atoms with van der Waals surface area (Å²) in [6.45, 7) is 6.49. The van der Waals surface area contributed by atoms with Gasteiger partial charge in [-0.05, 0) is 43.2 Å². The SMILES string of the molecule is CCCCCCCOc1cccc(NCc2cccc(OCC)c2)c1. The van der Waals surface area contributed by atoms with Gasteiger partial charge >= 0.3 is 0 Å². The molecular formula is C22H31NO2. The molecule has 0 heterocycles. The zero-order valence-electron chi connectivity index (χ0n) is 15.6. The Hall–Kier alpha value is -2.16. The van der Waals surface area contributed by atoms with Gasteiger partial charge in [-0.25, -0.2) is 0 Å². The Kier molecular flexibility index (Phi) is 8.74. The molecule has 0 unspecified atom stereocenters. The van der Waals surface area contributed by atoms with Gasteiger partial charge in [-0.3, -0.25) is 0 Å². The summed E-state index contributed by atoms with van der Waals surface area (Å²) in [4.78, 5) is 0. The van der Waals surface area contributed by atoms with Gasteiger partial charge in [-0.15, -0.1) is 0 Å². The molecule has 0 fully saturated rings. The molecule has 0 aromatic heterocycles. The van der Waals surface area contributed by atoms with E-state index in [4.69, 9.17) is 9.47 Å². The van der Waals surface area contributed by atoms with Crippen molar-refractivity contribution < 1.29 is 9.47 Å². The van der Waals surface area contributed by atoms with E-state index < -0.39 is 0 Å². The first-order valence-electron chi connectivity index (χ1n) is 9.50. The molecule has 0 saturated carbocycles. The lowest BCUT2D eigenvalue weighted by molar-refractivity contribution is 0.304. The minimum Gasteiger partial charge on any atom is -0.494 e. The third-order valence-electron chi connectivity index (χ3n) is 4.06. The van der Waals surface area contributed by atoms with Crippen LogP contribution in [-0.4, -0.2) is 13.2 Å². The lowest BCUT2D eigenvalue weighted by atomic mass is 10.2. The first-order chi connectivity index (χ1) is 12.3. The molecule has 2 aromatic carbocycles. The predicted molar refractivity (Wildman–Crippen MR) is 106 cm³/mol. The summed E-state index contributed by atoms with van der Waals surface area (Å²) in [5.41, 5.74) is 2.28. The van der Waals surface area contributed by atoms with Crippen LogP contribution >= 0.6 is 0 Å². The van der Waals surface area contributed by atoms with Gasteiger partial charge in [-0.2, -0.15) is 0 Å². The number of ether oxygens (including phenoxy) is 2. The summed E-state index contributed by atoms with van der Waals surface area (Å²) < 4.78 is 11.4. The number of benzene rings is 2. The second kappa shape index (κ2) is 11.4. The van der Waals surface area contributed by atoms with E-state index in [-0.39, 0.29) is 0 Å². The molecule has 136 valence electrons. The summed E-state index contributed by atoms with van der Waals surface area (Å²) in [6, 6.07) is 16.4. The molecule has 0 radical (unpaired) electrons. The number of hydrogen-bond donors (Lipinski definition) is 1. The van der Waals surface area contributed by atoms with Crippen LogP contribution in [0.15, 0.2) is 48.5 Å². The van der Waals surface area contributed by atoms with Crippen LogP contribution in [0.2, 0.25) is 0 Å². The molecule has 3 heteroatoms. The summed E-state index contributed by atoms with van der Waals surface area (Å²) in [6.07, 6.45) is 6.29. The average molecular weight is 341 g/mol. The van der Waals surface area contributed by atoms with E-state index in [0.29, 0.717) is 6.61 Å². The monoisotopic (exact) mass is 341 g/mol. The maximum Gasteiger partial charge on any atom is 0.121 e. The third-order valence-corrected chi connectivity index (χ3v) is 4.06. The maximum atomic E-state index is 5.87. The smallest absolute Gasteiger partial charge is 0.121 e. The van der Waals surface area contributed by atoms with Crippen molar-refractivity contribution in [2.45, 2.75) is 52.5 Å². The molecule has 0 bridgehead atoms. The van der Waals surface area contributed by atoms with E-state index in [1.807, 2.05) is 31.2 Å². The highest BCUT2D eigenvalue weighted by molar-refractivity contribution is 5.48. The lowest BCUT2D eigenvalue weighted by Crippen LogP contribution is -2.01. The maximum absolute atomic E-state index is 5.87. The van der Waals surface area contributed by atoms with Crippen LogP contribution < -0.4 is 14.8 Å². The van der Waals surface area contributed by atoms with Gasteiger partial charge in [0, 0.05) is 18.3 Å². The van der Waals surface area contributed by atoms with Crippen LogP contribution in [0, 0.1) is 0 Å². The van der Waals surface area contributed by atoms with Crippen molar-refractivity contribution >= 4 is 5.69 Å². The first-order valence-corrected chi connectivity index (χ1v) is 9.50. The fraction of sp³-hybridized carbons (Fsp3) is 0.455. The van der Waals surface area contributed by atoms with Crippen molar-refractivity contribution in [2.75, 3.05) is 18.5 Å². The zero-order chi connectivity index (χ0) is 17.7. The van der Waals surface area contributed by atoms with Crippen molar-refractivity contribution in [1.82, 2.24) is 0 Å². The molecule has 2 aromatic rings. The van der Waals surface area contributed by atoms with Crippen LogP contribution in [0.4, 0.5) is 5.69 Å². The molecule has 0 atom stereocenters. The Morgan fingerprint density at radius 1 is 0.800 bits per heavy atom. The summed E-state index contributed by atoms with van der Waals surface area (Å²) in [5.74, 6) is 1.85. The quantitative estimate of drug-likeness (QED) is 0.477. The molecule has 0 spiro atoms. The molecule has 1 N–H and O–H groups in total. The van der Waals surface area contributed by atoms with Crippen LogP contribution in [0.25, 0.3) is 0 Å². The van der Waals surface area contributed by atoms with Gasteiger partial charge < -0.3 is 14.8 Å². The number of rotatable bonds is 12. The van der Waals surface area contributed by atoms with Crippen molar-refractivity contribution in [3.8, 4) is 11.5 Å². The summed E-state index contributed by atoms with van der Waals surface area (Å²) in [7, 11) is 0. The van der Waals surface area contributed by atoms with E-state index in [0.717, 1.165) is 36.8 Å². The third kappa shape index (κ3) is 7.51. The molecule has 25 heavy (non-hydrogen) atoms. The minimum absolute atomic E-state index is 0.689. The minimum atomic E-state index is 0.689. The summed E-state index contributed by atoms with van der Waals surface area (Å²) in [5, 5.41) is 3.45. The fourth-order valence-corrected chi connectivity index (χ4v) is 2.71. The first kappa shape index (κ1) is 19.2. The number of nitrogens with one attached hydrogen (secondary N) is 1. The van der Waals surface area contributed by atoms with Crippen LogP contribution in [0.3, 0.4) is 0 Å². The second-order valence-corrected chi connectivity index (χ2v) is 6.22. The molecule has 0 aliphatic rings. The van der Waals surface area contributed by atoms with Crippen LogP contribution in [-0.2, 0) is 6.54 Å². The molecule has 0 aliphatic carbocycles. The van der Waals surface area contributed by atoms with E-state index in [1.54, 1.807) is 0 Å². The van der Waals surface area contributed by atoms with Crippen LogP contribution in [0.1, 0.15) is 51.5 Å². The van der Waals surface area contributed by atoms with Gasteiger partial charge in [0.25, 0.3) is 0 Å². The van der Waals surface area contributed by atoms with Crippen LogP contribution in [0.5, 0.6) is 11.5 Å². The normalized spacial score (nSPS) is 10.5. The lowest BCUT2D eigenvalue weighted by Gasteiger charge is -2.11. The van der Waals surface area contributed by atoms with E-state index >= 15 is 0 Å². The van der Waals surface area contributed by atoms with E-state index in [2.05, 4.69) is 36.5 Å². The molecule has 0 amide bonds. The highest BCUT2D eigenvalue weighted by atomic mass is 16.5. The highest BCUT2D eigenvalue weighted by Crippen LogP contribution is 2.20. The molecular weight excluding hydrogens is 310 g/mol. The van der Waals surface area contributed by atoms with Gasteiger partial charge in [0.2, 0.25) is 0 Å². The Balaban J connectivity index is 1.78. The van der Waals surface area contributed by atoms with E-state index in [9.17, 15) is 0 Å². The van der Waals surface area contributed by atoms with Crippen molar-refractivity contribution in [1.29, 1.82) is 0 Å². The molecule has 0 aliphatic heterocycles. The fourth-order valence-electron chi connectivity index (χ4n) is 2.71. The molecule has 2 rings (SSSR count). The largest absolute Gasteiger partial charge is 0.494 e. The highest BCUT2D eigenvalue weighted by Gasteiger charge is 2.00. The Morgan fingerprint density at radius 2 is 1.56 bits per heavy atom. The zero-order valence-corrected chi connectivity index (χ0v) is 15.6. The van der Waals surface area contributed by atoms with Crippen molar-refractivity contribution in [3.63, 3.8) is 0 Å². The van der Waals surface area contributed by atoms with Gasteiger partial charge in [0.05, 0.1) is 13.2 Å². The summed E-state index contributed by atoms with van der Waals surface area (Å²) >= 11 is 0. The van der Waals surface area contributed by atoms with Gasteiger partial charge in [-0.1, -0.05) is 50.8 Å². The second-order valence-electron chi connectivity index (χ2n) is 6.22. The van der Waals surface area contributed by atoms with E-state index in [1.165, 1.54) is 31.2 Å². The average Bonchev–Trinajstić information content (AvgIpc) is 2.64. The predicted octanol–water partition coefficient (Wildman–Crippen LogP) is 6.05. The van der Waals surface area contributed by atoms with Crippen molar-refractivity contribution in [3.05, 3.63) is 54.1 Å². The topological polar surface area (TPSA) is 30.5 Å². The Labute approximate surface area is 152 Å². The molecule has 0 saturated heterocycles. The number of unbranched alkanes of at least 4 members (excludes halogenated alkanes) is 4. The van der Waals surface area contributed by atoms with Gasteiger partial charge in [0.1, 0.15) is 11.5 Å². The van der Waals surface area contributed by atoms with Gasteiger partial charge in [0.15, 0.2) is 0 Å². The van der Waals surface area contributed by atoms with Crippen molar-refractivity contribution in [2.24, 2.45) is 0 Å².